The second kappa shape index (κ2) is 6.68. The average Bonchev–Trinajstić information content (AvgIpc) is 2.80. The van der Waals surface area contributed by atoms with Crippen molar-refractivity contribution in [2.75, 3.05) is 6.54 Å². The number of aryl methyl sites for hydroxylation is 2. The number of hydrogen-bond donors (Lipinski definition) is 2. The molecule has 0 spiro atoms. The van der Waals surface area contributed by atoms with Crippen LogP contribution in [-0.2, 0) is 19.1 Å². The molecular weight excluding hydrogens is 321 g/mol. The number of carbonyl (C=O) groups is 1. The van der Waals surface area contributed by atoms with E-state index in [9.17, 15) is 14.3 Å². The monoisotopic (exact) mass is 339 g/mol. The Morgan fingerprint density at radius 1 is 1.43 bits per heavy atom. The summed E-state index contributed by atoms with van der Waals surface area (Å²) in [5, 5.41) is 17.6. The molecule has 2 rings (SSSR count). The summed E-state index contributed by atoms with van der Waals surface area (Å²) in [7, 11) is 1.66. The molecule has 1 aromatic carbocycles. The van der Waals surface area contributed by atoms with Gasteiger partial charge in [0.1, 0.15) is 16.6 Å². The second-order valence-electron chi connectivity index (χ2n) is 5.55. The van der Waals surface area contributed by atoms with Gasteiger partial charge in [-0.15, -0.1) is 0 Å². The first-order valence-corrected chi connectivity index (χ1v) is 7.62. The molecule has 124 valence electrons. The molecule has 0 fully saturated rings. The summed E-state index contributed by atoms with van der Waals surface area (Å²) in [5.41, 5.74) is 0.0833. The molecule has 1 heterocycles. The average molecular weight is 340 g/mol. The zero-order valence-corrected chi connectivity index (χ0v) is 14.0. The van der Waals surface area contributed by atoms with Crippen molar-refractivity contribution in [3.05, 3.63) is 52.1 Å². The first-order valence-electron chi connectivity index (χ1n) is 7.24. The largest absolute Gasteiger partial charge is 0.384 e. The molecule has 0 saturated carbocycles. The van der Waals surface area contributed by atoms with Crippen LogP contribution in [0, 0.1) is 5.82 Å². The van der Waals surface area contributed by atoms with Crippen LogP contribution in [0.25, 0.3) is 0 Å². The minimum absolute atomic E-state index is 0.0359. The molecule has 7 heteroatoms. The summed E-state index contributed by atoms with van der Waals surface area (Å²) in [6.07, 6.45) is 0.567. The number of halogens is 2. The summed E-state index contributed by atoms with van der Waals surface area (Å²) >= 11 is 6.11. The van der Waals surface area contributed by atoms with Crippen molar-refractivity contribution in [1.82, 2.24) is 15.1 Å². The maximum atomic E-state index is 13.0. The standard InChI is InChI=1S/C16H19ClFN3O2/c1-4-12-13(14(17)21(3)20-12)15(22)19-9-16(2,23)10-5-7-11(18)8-6-10/h5-8,23H,4,9H2,1-3H3,(H,19,22). The predicted molar refractivity (Wildman–Crippen MR) is 85.9 cm³/mol. The number of nitrogens with zero attached hydrogens (tertiary/aromatic N) is 2. The molecule has 1 aromatic heterocycles. The molecular formula is C16H19ClFN3O2. The van der Waals surface area contributed by atoms with E-state index in [1.807, 2.05) is 6.92 Å². The number of carbonyl (C=O) groups excluding carboxylic acids is 1. The molecule has 0 aliphatic heterocycles. The van der Waals surface area contributed by atoms with Crippen molar-refractivity contribution in [1.29, 1.82) is 0 Å². The molecule has 1 unspecified atom stereocenters. The Bertz CT molecular complexity index is 711. The maximum absolute atomic E-state index is 13.0. The Hall–Kier alpha value is -1.92. The van der Waals surface area contributed by atoms with Gasteiger partial charge < -0.3 is 10.4 Å². The summed E-state index contributed by atoms with van der Waals surface area (Å²) in [5.74, 6) is -0.786. The summed E-state index contributed by atoms with van der Waals surface area (Å²) in [6, 6.07) is 5.49. The predicted octanol–water partition coefficient (Wildman–Crippen LogP) is 2.41. The van der Waals surface area contributed by atoms with Crippen LogP contribution in [-0.4, -0.2) is 27.3 Å². The fourth-order valence-electron chi connectivity index (χ4n) is 2.28. The third-order valence-corrected chi connectivity index (χ3v) is 4.10. The number of nitrogens with one attached hydrogen (secondary N) is 1. The van der Waals surface area contributed by atoms with Gasteiger partial charge in [-0.05, 0) is 31.0 Å². The highest BCUT2D eigenvalue weighted by molar-refractivity contribution is 6.33. The minimum Gasteiger partial charge on any atom is -0.384 e. The van der Waals surface area contributed by atoms with Gasteiger partial charge in [-0.25, -0.2) is 4.39 Å². The molecule has 0 saturated heterocycles. The van der Waals surface area contributed by atoms with E-state index in [1.54, 1.807) is 14.0 Å². The Balaban J connectivity index is 2.14. The van der Waals surface area contributed by atoms with Crippen LogP contribution < -0.4 is 5.32 Å². The van der Waals surface area contributed by atoms with Crippen molar-refractivity contribution in [2.45, 2.75) is 25.9 Å². The number of rotatable bonds is 5. The Morgan fingerprint density at radius 3 is 2.61 bits per heavy atom. The number of benzene rings is 1. The summed E-state index contributed by atoms with van der Waals surface area (Å²) in [6.45, 7) is 3.39. The van der Waals surface area contributed by atoms with Gasteiger partial charge in [0.25, 0.3) is 5.91 Å². The number of hydrogen-bond acceptors (Lipinski definition) is 3. The molecule has 0 radical (unpaired) electrons. The lowest BCUT2D eigenvalue weighted by Gasteiger charge is -2.24. The van der Waals surface area contributed by atoms with Gasteiger partial charge in [0.05, 0.1) is 17.8 Å². The lowest BCUT2D eigenvalue weighted by atomic mass is 9.96. The Kier molecular flexibility index (Phi) is 5.06. The molecule has 0 bridgehead atoms. The summed E-state index contributed by atoms with van der Waals surface area (Å²) < 4.78 is 14.4. The molecule has 2 N–H and O–H groups in total. The van der Waals surface area contributed by atoms with Crippen molar-refractivity contribution in [2.24, 2.45) is 7.05 Å². The normalized spacial score (nSPS) is 13.7. The molecule has 1 atom stereocenters. The van der Waals surface area contributed by atoms with Gasteiger partial charge in [0.2, 0.25) is 0 Å². The third-order valence-electron chi connectivity index (χ3n) is 3.67. The van der Waals surface area contributed by atoms with Crippen molar-refractivity contribution >= 4 is 17.5 Å². The van der Waals surface area contributed by atoms with Crippen LogP contribution in [0.5, 0.6) is 0 Å². The van der Waals surface area contributed by atoms with E-state index in [0.29, 0.717) is 23.2 Å². The van der Waals surface area contributed by atoms with Gasteiger partial charge in [-0.3, -0.25) is 9.48 Å². The first-order chi connectivity index (χ1) is 10.8. The number of aliphatic hydroxyl groups is 1. The zero-order valence-electron chi connectivity index (χ0n) is 13.2. The maximum Gasteiger partial charge on any atom is 0.256 e. The number of amides is 1. The zero-order chi connectivity index (χ0) is 17.2. The van der Waals surface area contributed by atoms with Crippen molar-refractivity contribution in [3.63, 3.8) is 0 Å². The highest BCUT2D eigenvalue weighted by atomic mass is 35.5. The van der Waals surface area contributed by atoms with E-state index in [2.05, 4.69) is 10.4 Å². The van der Waals surface area contributed by atoms with Crippen LogP contribution in [0.4, 0.5) is 4.39 Å². The third kappa shape index (κ3) is 3.71. The molecule has 0 aliphatic carbocycles. The molecule has 1 amide bonds. The smallest absolute Gasteiger partial charge is 0.256 e. The second-order valence-corrected chi connectivity index (χ2v) is 5.91. The summed E-state index contributed by atoms with van der Waals surface area (Å²) in [4.78, 5) is 12.4. The van der Waals surface area contributed by atoms with E-state index in [1.165, 1.54) is 28.9 Å². The quantitative estimate of drug-likeness (QED) is 0.879. The van der Waals surface area contributed by atoms with Crippen LogP contribution in [0.15, 0.2) is 24.3 Å². The molecule has 5 nitrogen and oxygen atoms in total. The van der Waals surface area contributed by atoms with Gasteiger partial charge in [-0.2, -0.15) is 5.10 Å². The Labute approximate surface area is 139 Å². The van der Waals surface area contributed by atoms with Gasteiger partial charge in [0.15, 0.2) is 0 Å². The van der Waals surface area contributed by atoms with Gasteiger partial charge in [0, 0.05) is 7.05 Å². The highest BCUT2D eigenvalue weighted by Crippen LogP contribution is 2.22. The van der Waals surface area contributed by atoms with Crippen LogP contribution >= 0.6 is 11.6 Å². The number of aromatic nitrogens is 2. The van der Waals surface area contributed by atoms with E-state index in [0.717, 1.165) is 0 Å². The van der Waals surface area contributed by atoms with Crippen molar-refractivity contribution in [3.8, 4) is 0 Å². The fourth-order valence-corrected chi connectivity index (χ4v) is 2.51. The van der Waals surface area contributed by atoms with E-state index < -0.39 is 11.5 Å². The van der Waals surface area contributed by atoms with Crippen LogP contribution in [0.1, 0.15) is 35.5 Å². The highest BCUT2D eigenvalue weighted by Gasteiger charge is 2.26. The van der Waals surface area contributed by atoms with Crippen molar-refractivity contribution < 1.29 is 14.3 Å². The van der Waals surface area contributed by atoms with Gasteiger partial charge in [-0.1, -0.05) is 30.7 Å². The molecule has 2 aromatic rings. The van der Waals surface area contributed by atoms with Crippen LogP contribution in [0.3, 0.4) is 0 Å². The minimum atomic E-state index is -1.33. The van der Waals surface area contributed by atoms with E-state index >= 15 is 0 Å². The fraction of sp³-hybridized carbons (Fsp3) is 0.375. The SMILES string of the molecule is CCc1nn(C)c(Cl)c1C(=O)NCC(C)(O)c1ccc(F)cc1. The lowest BCUT2D eigenvalue weighted by molar-refractivity contribution is 0.0525. The van der Waals surface area contributed by atoms with E-state index in [-0.39, 0.29) is 17.5 Å². The Morgan fingerprint density at radius 2 is 2.04 bits per heavy atom. The van der Waals surface area contributed by atoms with Crippen LogP contribution in [0.2, 0.25) is 5.15 Å². The lowest BCUT2D eigenvalue weighted by Crippen LogP contribution is -2.38. The van der Waals surface area contributed by atoms with Gasteiger partial charge >= 0.3 is 0 Å². The topological polar surface area (TPSA) is 67.2 Å². The molecule has 0 aliphatic rings. The van der Waals surface area contributed by atoms with E-state index in [4.69, 9.17) is 11.6 Å². The molecule has 23 heavy (non-hydrogen) atoms. The first kappa shape index (κ1) is 17.4.